The van der Waals surface area contributed by atoms with Crippen LogP contribution in [0.5, 0.6) is 0 Å². The summed E-state index contributed by atoms with van der Waals surface area (Å²) in [6.45, 7) is 8.49. The molecule has 6 nitrogen and oxygen atoms in total. The van der Waals surface area contributed by atoms with Crippen LogP contribution in [0, 0.1) is 5.92 Å². The Morgan fingerprint density at radius 3 is 2.58 bits per heavy atom. The Morgan fingerprint density at radius 1 is 1.31 bits per heavy atom. The lowest BCUT2D eigenvalue weighted by molar-refractivity contribution is -0.122. The largest absolute Gasteiger partial charge is 0.359 e. The van der Waals surface area contributed by atoms with Gasteiger partial charge in [0.05, 0.1) is 5.92 Å². The van der Waals surface area contributed by atoms with Gasteiger partial charge in [-0.1, -0.05) is 45.0 Å². The number of amides is 2. The second-order valence-electron chi connectivity index (χ2n) is 7.74. The highest BCUT2D eigenvalue weighted by molar-refractivity contribution is 6.03. The molecule has 2 heterocycles. The van der Waals surface area contributed by atoms with Gasteiger partial charge < -0.3 is 14.7 Å². The summed E-state index contributed by atoms with van der Waals surface area (Å²) in [7, 11) is 0. The molecule has 1 aromatic heterocycles. The smallest absolute Gasteiger partial charge is 0.231 e. The summed E-state index contributed by atoms with van der Waals surface area (Å²) in [5.74, 6) is 0.443. The van der Waals surface area contributed by atoms with E-state index < -0.39 is 5.92 Å². The summed E-state index contributed by atoms with van der Waals surface area (Å²) < 4.78 is 5.28. The van der Waals surface area contributed by atoms with E-state index in [-0.39, 0.29) is 23.7 Å². The average Bonchev–Trinajstić information content (AvgIpc) is 3.21. The van der Waals surface area contributed by atoms with Crippen molar-refractivity contribution in [1.82, 2.24) is 5.16 Å². The van der Waals surface area contributed by atoms with E-state index in [4.69, 9.17) is 4.52 Å². The first-order valence-electron chi connectivity index (χ1n) is 8.95. The average molecular weight is 355 g/mol. The Balaban J connectivity index is 1.65. The molecule has 1 unspecified atom stereocenters. The molecule has 0 bridgehead atoms. The van der Waals surface area contributed by atoms with Gasteiger partial charge in [-0.15, -0.1) is 0 Å². The normalized spacial score (nSPS) is 17.6. The van der Waals surface area contributed by atoms with Crippen LogP contribution < -0.4 is 10.2 Å². The van der Waals surface area contributed by atoms with Crippen LogP contribution in [0.15, 0.2) is 34.9 Å². The zero-order chi connectivity index (χ0) is 18.9. The van der Waals surface area contributed by atoms with Crippen LogP contribution in [0.3, 0.4) is 0 Å². The van der Waals surface area contributed by atoms with Crippen molar-refractivity contribution in [1.29, 1.82) is 0 Å². The summed E-state index contributed by atoms with van der Waals surface area (Å²) in [6.07, 6.45) is 1.15. The van der Waals surface area contributed by atoms with Gasteiger partial charge in [0.25, 0.3) is 0 Å². The molecular formula is C20H25N3O3. The minimum Gasteiger partial charge on any atom is -0.359 e. The highest BCUT2D eigenvalue weighted by Crippen LogP contribution is 2.28. The topological polar surface area (TPSA) is 75.4 Å². The SMILES string of the molecule is CCc1ccc(N2CC(C(=O)Nc3cc(C(C)(C)C)on3)CC2=O)cc1. The maximum absolute atomic E-state index is 12.5. The van der Waals surface area contributed by atoms with Crippen molar-refractivity contribution in [3.8, 4) is 0 Å². The summed E-state index contributed by atoms with van der Waals surface area (Å²) >= 11 is 0. The maximum atomic E-state index is 12.5. The van der Waals surface area contributed by atoms with Crippen LogP contribution in [0.4, 0.5) is 11.5 Å². The molecule has 1 aliphatic heterocycles. The standard InChI is InChI=1S/C20H25N3O3/c1-5-13-6-8-15(9-7-13)23-12-14(10-18(23)24)19(25)21-17-11-16(26-22-17)20(2,3)4/h6-9,11,14H,5,10,12H2,1-4H3,(H,21,22,25). The van der Waals surface area contributed by atoms with Crippen molar-refractivity contribution >= 4 is 23.3 Å². The van der Waals surface area contributed by atoms with Gasteiger partial charge in [0, 0.05) is 30.1 Å². The number of aromatic nitrogens is 1. The minimum absolute atomic E-state index is 0.0371. The number of carbonyl (C=O) groups is 2. The number of anilines is 2. The lowest BCUT2D eigenvalue weighted by Crippen LogP contribution is -2.28. The van der Waals surface area contributed by atoms with Crippen molar-refractivity contribution in [3.05, 3.63) is 41.7 Å². The van der Waals surface area contributed by atoms with Crippen LogP contribution in [0.1, 0.15) is 45.4 Å². The predicted octanol–water partition coefficient (Wildman–Crippen LogP) is 3.53. The van der Waals surface area contributed by atoms with Gasteiger partial charge >= 0.3 is 0 Å². The first-order valence-corrected chi connectivity index (χ1v) is 8.95. The van der Waals surface area contributed by atoms with Crippen LogP contribution in [0.2, 0.25) is 0 Å². The predicted molar refractivity (Wildman–Crippen MR) is 100 cm³/mol. The zero-order valence-corrected chi connectivity index (χ0v) is 15.7. The van der Waals surface area contributed by atoms with Crippen LogP contribution in [-0.2, 0) is 21.4 Å². The minimum atomic E-state index is -0.400. The maximum Gasteiger partial charge on any atom is 0.231 e. The van der Waals surface area contributed by atoms with Gasteiger partial charge in [-0.05, 0) is 24.1 Å². The van der Waals surface area contributed by atoms with E-state index >= 15 is 0 Å². The molecule has 2 aromatic rings. The molecule has 3 rings (SSSR count). The Labute approximate surface area is 153 Å². The fourth-order valence-corrected chi connectivity index (χ4v) is 2.96. The monoisotopic (exact) mass is 355 g/mol. The van der Waals surface area contributed by atoms with Gasteiger partial charge in [0.15, 0.2) is 5.82 Å². The van der Waals surface area contributed by atoms with E-state index in [1.807, 2.05) is 45.0 Å². The van der Waals surface area contributed by atoms with Crippen LogP contribution in [0.25, 0.3) is 0 Å². The van der Waals surface area contributed by atoms with Crippen molar-refractivity contribution in [2.45, 2.75) is 46.0 Å². The van der Waals surface area contributed by atoms with E-state index in [1.54, 1.807) is 11.0 Å². The number of nitrogens with zero attached hydrogens (tertiary/aromatic N) is 2. The third-order valence-corrected chi connectivity index (χ3v) is 4.65. The van der Waals surface area contributed by atoms with Crippen LogP contribution >= 0.6 is 0 Å². The number of benzene rings is 1. The van der Waals surface area contributed by atoms with Gasteiger partial charge in [-0.2, -0.15) is 0 Å². The molecule has 0 spiro atoms. The summed E-state index contributed by atoms with van der Waals surface area (Å²) in [5.41, 5.74) is 1.87. The fourth-order valence-electron chi connectivity index (χ4n) is 2.96. The van der Waals surface area contributed by atoms with Gasteiger partial charge in [-0.3, -0.25) is 9.59 Å². The first-order chi connectivity index (χ1) is 12.3. The summed E-state index contributed by atoms with van der Waals surface area (Å²) in [5, 5.41) is 6.67. The molecule has 1 saturated heterocycles. The summed E-state index contributed by atoms with van der Waals surface area (Å²) in [6, 6.07) is 9.63. The molecule has 0 saturated carbocycles. The quantitative estimate of drug-likeness (QED) is 0.910. The Kier molecular flexibility index (Phi) is 4.85. The number of nitrogens with one attached hydrogen (secondary N) is 1. The molecular weight excluding hydrogens is 330 g/mol. The van der Waals surface area contributed by atoms with E-state index in [0.717, 1.165) is 12.1 Å². The molecule has 1 aromatic carbocycles. The summed E-state index contributed by atoms with van der Waals surface area (Å²) in [4.78, 5) is 26.5. The Hall–Kier alpha value is -2.63. The van der Waals surface area contributed by atoms with E-state index in [0.29, 0.717) is 18.1 Å². The third-order valence-electron chi connectivity index (χ3n) is 4.65. The van der Waals surface area contributed by atoms with Crippen LogP contribution in [-0.4, -0.2) is 23.5 Å². The van der Waals surface area contributed by atoms with E-state index in [2.05, 4.69) is 17.4 Å². The molecule has 1 N–H and O–H groups in total. The molecule has 138 valence electrons. The number of carbonyl (C=O) groups excluding carboxylic acids is 2. The second-order valence-corrected chi connectivity index (χ2v) is 7.74. The number of aryl methyl sites for hydroxylation is 1. The first kappa shape index (κ1) is 18.2. The van der Waals surface area contributed by atoms with Crippen molar-refractivity contribution in [2.24, 2.45) is 5.92 Å². The lowest BCUT2D eigenvalue weighted by atomic mass is 9.93. The van der Waals surface area contributed by atoms with Gasteiger partial charge in [0.1, 0.15) is 5.76 Å². The molecule has 6 heteroatoms. The van der Waals surface area contributed by atoms with Crippen molar-refractivity contribution < 1.29 is 14.1 Å². The number of hydrogen-bond donors (Lipinski definition) is 1. The van der Waals surface area contributed by atoms with E-state index in [1.165, 1.54) is 5.56 Å². The van der Waals surface area contributed by atoms with Crippen molar-refractivity contribution in [2.75, 3.05) is 16.8 Å². The highest BCUT2D eigenvalue weighted by Gasteiger charge is 2.35. The molecule has 1 atom stereocenters. The molecule has 2 amide bonds. The molecule has 0 radical (unpaired) electrons. The molecule has 1 aliphatic rings. The fraction of sp³-hybridized carbons (Fsp3) is 0.450. The third kappa shape index (κ3) is 3.79. The van der Waals surface area contributed by atoms with Gasteiger partial charge in [0.2, 0.25) is 11.8 Å². The molecule has 0 aliphatic carbocycles. The van der Waals surface area contributed by atoms with E-state index in [9.17, 15) is 9.59 Å². The van der Waals surface area contributed by atoms with Crippen molar-refractivity contribution in [3.63, 3.8) is 0 Å². The number of rotatable bonds is 4. The molecule has 26 heavy (non-hydrogen) atoms. The molecule has 1 fully saturated rings. The Bertz CT molecular complexity index is 802. The second kappa shape index (κ2) is 6.94. The Morgan fingerprint density at radius 2 is 2.00 bits per heavy atom. The zero-order valence-electron chi connectivity index (χ0n) is 15.7. The lowest BCUT2D eigenvalue weighted by Gasteiger charge is -2.17. The van der Waals surface area contributed by atoms with Gasteiger partial charge in [-0.25, -0.2) is 0 Å². The number of hydrogen-bond acceptors (Lipinski definition) is 4. The highest BCUT2D eigenvalue weighted by atomic mass is 16.5.